The minimum absolute atomic E-state index is 0.343. The first-order valence-corrected chi connectivity index (χ1v) is 12.2. The average Bonchev–Trinajstić information content (AvgIpc) is 3.21. The standard InChI is InChI=1S/C25H24N4O3S/c1-17-9-7-8-12-21(17)24-22(16-29(27-24)20-10-5-4-6-11-20)25(30)26-19-14-13-18(2)23(15-19)28-33(3,31)32/h4-16,28H,1-3H3,(H,26,30). The highest BCUT2D eigenvalue weighted by atomic mass is 32.2. The number of carbonyl (C=O) groups is 1. The molecule has 4 aromatic rings. The van der Waals surface area contributed by atoms with Gasteiger partial charge >= 0.3 is 0 Å². The van der Waals surface area contributed by atoms with Crippen LogP contribution in [0.1, 0.15) is 21.5 Å². The second kappa shape index (κ2) is 8.91. The summed E-state index contributed by atoms with van der Waals surface area (Å²) in [7, 11) is -3.45. The molecule has 4 rings (SSSR count). The molecule has 0 saturated heterocycles. The predicted octanol–water partition coefficient (Wildman–Crippen LogP) is 4.78. The molecule has 2 N–H and O–H groups in total. The van der Waals surface area contributed by atoms with Gasteiger partial charge in [0, 0.05) is 17.4 Å². The number of aryl methyl sites for hydroxylation is 2. The minimum atomic E-state index is -3.45. The highest BCUT2D eigenvalue weighted by Crippen LogP contribution is 2.28. The van der Waals surface area contributed by atoms with Crippen LogP contribution in [-0.4, -0.2) is 30.4 Å². The third-order valence-electron chi connectivity index (χ3n) is 5.17. The molecule has 168 valence electrons. The molecular weight excluding hydrogens is 436 g/mol. The van der Waals surface area contributed by atoms with Gasteiger partial charge in [-0.25, -0.2) is 13.1 Å². The van der Waals surface area contributed by atoms with Crippen LogP contribution in [0.4, 0.5) is 11.4 Å². The number of benzene rings is 3. The van der Waals surface area contributed by atoms with E-state index in [1.54, 1.807) is 36.0 Å². The smallest absolute Gasteiger partial charge is 0.259 e. The molecule has 0 aliphatic heterocycles. The number of para-hydroxylation sites is 1. The first kappa shape index (κ1) is 22.3. The fraction of sp³-hybridized carbons (Fsp3) is 0.120. The summed E-state index contributed by atoms with van der Waals surface area (Å²) in [6, 6.07) is 22.4. The molecule has 0 aliphatic rings. The summed E-state index contributed by atoms with van der Waals surface area (Å²) < 4.78 is 27.5. The summed E-state index contributed by atoms with van der Waals surface area (Å²) >= 11 is 0. The van der Waals surface area contributed by atoms with Gasteiger partial charge in [-0.05, 0) is 49.2 Å². The Morgan fingerprint density at radius 1 is 0.909 bits per heavy atom. The number of anilines is 2. The zero-order valence-corrected chi connectivity index (χ0v) is 19.3. The summed E-state index contributed by atoms with van der Waals surface area (Å²) in [6.07, 6.45) is 2.79. The largest absolute Gasteiger partial charge is 0.322 e. The fourth-order valence-electron chi connectivity index (χ4n) is 3.50. The van der Waals surface area contributed by atoms with Gasteiger partial charge in [0.1, 0.15) is 5.69 Å². The van der Waals surface area contributed by atoms with Gasteiger partial charge in [-0.1, -0.05) is 48.5 Å². The Hall–Kier alpha value is -3.91. The van der Waals surface area contributed by atoms with Crippen LogP contribution in [0.2, 0.25) is 0 Å². The third kappa shape index (κ3) is 5.12. The molecular formula is C25H24N4O3S. The van der Waals surface area contributed by atoms with Gasteiger partial charge < -0.3 is 5.32 Å². The summed E-state index contributed by atoms with van der Waals surface area (Å²) in [4.78, 5) is 13.3. The van der Waals surface area contributed by atoms with Crippen LogP contribution in [0.15, 0.2) is 79.0 Å². The Balaban J connectivity index is 1.74. The van der Waals surface area contributed by atoms with Crippen molar-refractivity contribution >= 4 is 27.3 Å². The van der Waals surface area contributed by atoms with Crippen molar-refractivity contribution in [2.24, 2.45) is 0 Å². The van der Waals surface area contributed by atoms with E-state index in [1.807, 2.05) is 61.5 Å². The first-order chi connectivity index (χ1) is 15.7. The van der Waals surface area contributed by atoms with E-state index < -0.39 is 10.0 Å². The number of hydrogen-bond acceptors (Lipinski definition) is 4. The summed E-state index contributed by atoms with van der Waals surface area (Å²) in [6.45, 7) is 3.76. The van der Waals surface area contributed by atoms with E-state index in [1.165, 1.54) is 0 Å². The Morgan fingerprint density at radius 3 is 2.30 bits per heavy atom. The molecule has 0 radical (unpaired) electrons. The Kier molecular flexibility index (Phi) is 6.02. The van der Waals surface area contributed by atoms with Crippen LogP contribution in [0.5, 0.6) is 0 Å². The van der Waals surface area contributed by atoms with E-state index in [4.69, 9.17) is 5.10 Å². The van der Waals surface area contributed by atoms with Crippen LogP contribution in [0.25, 0.3) is 16.9 Å². The number of nitrogens with one attached hydrogen (secondary N) is 2. The Morgan fingerprint density at radius 2 is 1.61 bits per heavy atom. The van der Waals surface area contributed by atoms with Crippen molar-refractivity contribution in [2.75, 3.05) is 16.3 Å². The lowest BCUT2D eigenvalue weighted by Gasteiger charge is -2.11. The highest BCUT2D eigenvalue weighted by molar-refractivity contribution is 7.92. The van der Waals surface area contributed by atoms with Crippen molar-refractivity contribution in [2.45, 2.75) is 13.8 Å². The normalized spacial score (nSPS) is 11.2. The molecule has 3 aromatic carbocycles. The van der Waals surface area contributed by atoms with Crippen molar-refractivity contribution in [3.63, 3.8) is 0 Å². The predicted molar refractivity (Wildman–Crippen MR) is 131 cm³/mol. The van der Waals surface area contributed by atoms with Crippen LogP contribution in [0, 0.1) is 13.8 Å². The van der Waals surface area contributed by atoms with Crippen molar-refractivity contribution < 1.29 is 13.2 Å². The van der Waals surface area contributed by atoms with Gasteiger partial charge in [0.2, 0.25) is 10.0 Å². The van der Waals surface area contributed by atoms with Crippen molar-refractivity contribution in [3.05, 3.63) is 95.7 Å². The molecule has 0 unspecified atom stereocenters. The SMILES string of the molecule is Cc1ccc(NC(=O)c2cn(-c3ccccc3)nc2-c2ccccc2C)cc1NS(C)(=O)=O. The topological polar surface area (TPSA) is 93.1 Å². The molecule has 7 nitrogen and oxygen atoms in total. The number of aromatic nitrogens is 2. The fourth-order valence-corrected chi connectivity index (χ4v) is 4.12. The molecule has 0 aliphatic carbocycles. The lowest BCUT2D eigenvalue weighted by atomic mass is 10.0. The maximum absolute atomic E-state index is 13.3. The maximum atomic E-state index is 13.3. The summed E-state index contributed by atoms with van der Waals surface area (Å²) in [5.74, 6) is -0.343. The average molecular weight is 461 g/mol. The van der Waals surface area contributed by atoms with Gasteiger partial charge in [0.25, 0.3) is 5.91 Å². The number of hydrogen-bond donors (Lipinski definition) is 2. The second-order valence-electron chi connectivity index (χ2n) is 7.84. The number of nitrogens with zero attached hydrogens (tertiary/aromatic N) is 2. The molecule has 1 amide bonds. The van der Waals surface area contributed by atoms with E-state index in [9.17, 15) is 13.2 Å². The number of amides is 1. The van der Waals surface area contributed by atoms with Gasteiger partial charge in [0.05, 0.1) is 23.2 Å². The van der Waals surface area contributed by atoms with E-state index in [0.717, 1.165) is 28.6 Å². The minimum Gasteiger partial charge on any atom is -0.322 e. The molecule has 33 heavy (non-hydrogen) atoms. The summed E-state index contributed by atoms with van der Waals surface area (Å²) in [5, 5.41) is 7.60. The van der Waals surface area contributed by atoms with Crippen molar-refractivity contribution in [1.82, 2.24) is 9.78 Å². The van der Waals surface area contributed by atoms with Gasteiger partial charge in [0.15, 0.2) is 0 Å². The first-order valence-electron chi connectivity index (χ1n) is 10.3. The molecule has 0 spiro atoms. The van der Waals surface area contributed by atoms with Gasteiger partial charge in [-0.3, -0.25) is 9.52 Å². The zero-order valence-electron chi connectivity index (χ0n) is 18.5. The van der Waals surface area contributed by atoms with Crippen LogP contribution in [-0.2, 0) is 10.0 Å². The maximum Gasteiger partial charge on any atom is 0.259 e. The molecule has 0 atom stereocenters. The number of carbonyl (C=O) groups excluding carboxylic acids is 1. The summed E-state index contributed by atoms with van der Waals surface area (Å²) in [5.41, 5.74) is 5.30. The molecule has 0 fully saturated rings. The van der Waals surface area contributed by atoms with E-state index in [-0.39, 0.29) is 5.91 Å². The zero-order chi connectivity index (χ0) is 23.6. The van der Waals surface area contributed by atoms with Crippen LogP contribution >= 0.6 is 0 Å². The highest BCUT2D eigenvalue weighted by Gasteiger charge is 2.20. The Labute approximate surface area is 193 Å². The van der Waals surface area contributed by atoms with Crippen LogP contribution in [0.3, 0.4) is 0 Å². The Bertz CT molecular complexity index is 1430. The molecule has 1 aromatic heterocycles. The van der Waals surface area contributed by atoms with Crippen molar-refractivity contribution in [3.8, 4) is 16.9 Å². The lowest BCUT2D eigenvalue weighted by Crippen LogP contribution is -2.14. The van der Waals surface area contributed by atoms with E-state index in [2.05, 4.69) is 10.0 Å². The monoisotopic (exact) mass is 460 g/mol. The number of rotatable bonds is 6. The molecule has 0 saturated carbocycles. The van der Waals surface area contributed by atoms with E-state index in [0.29, 0.717) is 22.6 Å². The third-order valence-corrected chi connectivity index (χ3v) is 5.76. The van der Waals surface area contributed by atoms with Gasteiger partial charge in [-0.2, -0.15) is 5.10 Å². The van der Waals surface area contributed by atoms with Crippen LogP contribution < -0.4 is 10.0 Å². The molecule has 8 heteroatoms. The van der Waals surface area contributed by atoms with Crippen molar-refractivity contribution in [1.29, 1.82) is 0 Å². The second-order valence-corrected chi connectivity index (χ2v) is 9.59. The number of sulfonamides is 1. The lowest BCUT2D eigenvalue weighted by molar-refractivity contribution is 0.102. The van der Waals surface area contributed by atoms with E-state index >= 15 is 0 Å². The molecule has 0 bridgehead atoms. The quantitative estimate of drug-likeness (QED) is 0.433. The van der Waals surface area contributed by atoms with Gasteiger partial charge in [-0.15, -0.1) is 0 Å². The molecule has 1 heterocycles.